The predicted molar refractivity (Wildman–Crippen MR) is 129 cm³/mol. The average molecular weight is 417 g/mol. The van der Waals surface area contributed by atoms with Gasteiger partial charge in [0.1, 0.15) is 0 Å². The summed E-state index contributed by atoms with van der Waals surface area (Å²) >= 11 is 0. The molecule has 2 heteroatoms. The molecular weight excluding hydrogens is 364 g/mol. The van der Waals surface area contributed by atoms with Crippen molar-refractivity contribution in [2.24, 2.45) is 65.1 Å². The van der Waals surface area contributed by atoms with Crippen LogP contribution in [0.1, 0.15) is 86.5 Å². The van der Waals surface area contributed by atoms with Gasteiger partial charge in [0.05, 0.1) is 0 Å². The fourth-order valence-electron chi connectivity index (χ4n) is 9.53. The molecule has 0 bridgehead atoms. The second-order valence-corrected chi connectivity index (χ2v) is 12.7. The lowest BCUT2D eigenvalue weighted by molar-refractivity contribution is -0.00764. The highest BCUT2D eigenvalue weighted by Crippen LogP contribution is 2.63. The molecule has 1 aliphatic heterocycles. The van der Waals surface area contributed by atoms with E-state index < -0.39 is 0 Å². The van der Waals surface area contributed by atoms with E-state index >= 15 is 0 Å². The molecule has 2 N–H and O–H groups in total. The highest BCUT2D eigenvalue weighted by Gasteiger charge is 2.56. The highest BCUT2D eigenvalue weighted by atomic mass is 14.9. The summed E-state index contributed by atoms with van der Waals surface area (Å²) < 4.78 is 0. The molecule has 2 nitrogen and oxygen atoms in total. The zero-order valence-corrected chi connectivity index (χ0v) is 21.2. The van der Waals surface area contributed by atoms with Crippen LogP contribution in [0.3, 0.4) is 0 Å². The molecule has 1 heterocycles. The van der Waals surface area contributed by atoms with Gasteiger partial charge in [-0.1, -0.05) is 41.5 Å². The zero-order valence-electron chi connectivity index (χ0n) is 21.2. The largest absolute Gasteiger partial charge is 0.317 e. The van der Waals surface area contributed by atoms with Crippen molar-refractivity contribution >= 4 is 0 Å². The van der Waals surface area contributed by atoms with E-state index in [0.29, 0.717) is 0 Å². The van der Waals surface area contributed by atoms with Gasteiger partial charge in [-0.2, -0.15) is 0 Å². The van der Waals surface area contributed by atoms with E-state index in [-0.39, 0.29) is 0 Å². The summed E-state index contributed by atoms with van der Waals surface area (Å²) in [5, 5.41) is 7.39. The van der Waals surface area contributed by atoms with Crippen molar-refractivity contribution in [1.29, 1.82) is 0 Å². The van der Waals surface area contributed by atoms with Crippen LogP contribution in [-0.4, -0.2) is 25.7 Å². The molecule has 3 aliphatic carbocycles. The molecule has 12 unspecified atom stereocenters. The molecule has 3 saturated carbocycles. The molecule has 30 heavy (non-hydrogen) atoms. The number of rotatable bonds is 8. The third-order valence-corrected chi connectivity index (χ3v) is 11.1. The lowest BCUT2D eigenvalue weighted by atomic mass is 9.56. The third-order valence-electron chi connectivity index (χ3n) is 11.1. The maximum Gasteiger partial charge on any atom is 0.00960 e. The number of hydrogen-bond donors (Lipinski definition) is 2. The Labute approximate surface area is 188 Å². The van der Waals surface area contributed by atoms with Crippen molar-refractivity contribution in [2.75, 3.05) is 13.6 Å². The maximum absolute atomic E-state index is 3.83. The molecule has 0 aromatic carbocycles. The van der Waals surface area contributed by atoms with Crippen LogP contribution in [0, 0.1) is 65.1 Å². The molecule has 1 saturated heterocycles. The zero-order chi connectivity index (χ0) is 21.6. The van der Waals surface area contributed by atoms with Crippen LogP contribution in [0.2, 0.25) is 0 Å². The van der Waals surface area contributed by atoms with Gasteiger partial charge in [0.2, 0.25) is 0 Å². The minimum Gasteiger partial charge on any atom is -0.317 e. The van der Waals surface area contributed by atoms with Crippen molar-refractivity contribution in [3.8, 4) is 0 Å². The molecule has 0 aromatic heterocycles. The fourth-order valence-corrected chi connectivity index (χ4v) is 9.53. The summed E-state index contributed by atoms with van der Waals surface area (Å²) in [6.45, 7) is 16.7. The summed E-state index contributed by atoms with van der Waals surface area (Å²) in [7, 11) is 2.17. The molecule has 4 fully saturated rings. The molecule has 0 amide bonds. The van der Waals surface area contributed by atoms with Gasteiger partial charge >= 0.3 is 0 Å². The monoisotopic (exact) mass is 416 g/mol. The molecule has 4 aliphatic rings. The second-order valence-electron chi connectivity index (χ2n) is 12.7. The molecule has 4 rings (SSSR count). The lowest BCUT2D eigenvalue weighted by Crippen LogP contribution is -2.44. The van der Waals surface area contributed by atoms with Gasteiger partial charge in [0, 0.05) is 12.1 Å². The van der Waals surface area contributed by atoms with Crippen LogP contribution >= 0.6 is 0 Å². The normalized spacial score (nSPS) is 45.2. The molecule has 0 radical (unpaired) electrons. The van der Waals surface area contributed by atoms with Crippen molar-refractivity contribution < 1.29 is 0 Å². The Hall–Kier alpha value is -0.0800. The maximum atomic E-state index is 3.83. The van der Waals surface area contributed by atoms with Crippen LogP contribution in [0.25, 0.3) is 0 Å². The summed E-state index contributed by atoms with van der Waals surface area (Å²) in [6, 6.07) is 1.57. The Kier molecular flexibility index (Phi) is 7.25. The van der Waals surface area contributed by atoms with Crippen LogP contribution < -0.4 is 10.6 Å². The predicted octanol–water partition coefficient (Wildman–Crippen LogP) is 6.22. The van der Waals surface area contributed by atoms with Crippen LogP contribution in [0.15, 0.2) is 0 Å². The Balaban J connectivity index is 1.40. The first-order chi connectivity index (χ1) is 14.3. The highest BCUT2D eigenvalue weighted by molar-refractivity contribution is 5.05. The first kappa shape index (κ1) is 23.1. The first-order valence-corrected chi connectivity index (χ1v) is 13.7. The Morgan fingerprint density at radius 2 is 1.60 bits per heavy atom. The van der Waals surface area contributed by atoms with E-state index in [1.165, 1.54) is 45.1 Å². The second kappa shape index (κ2) is 9.42. The number of hydrogen-bond acceptors (Lipinski definition) is 2. The molecule has 174 valence electrons. The van der Waals surface area contributed by atoms with Crippen LogP contribution in [0.5, 0.6) is 0 Å². The summed E-state index contributed by atoms with van der Waals surface area (Å²) in [4.78, 5) is 0. The summed E-state index contributed by atoms with van der Waals surface area (Å²) in [5.74, 6) is 10.3. The minimum absolute atomic E-state index is 0.761. The van der Waals surface area contributed by atoms with Crippen molar-refractivity contribution in [1.82, 2.24) is 10.6 Å². The molecule has 12 atom stereocenters. The SMILES string of the molecule is CNC1CCC(C2CC3C2CC(C)C3C(C)C(C)C(C(C)C)C(C)C2CCCN2)C1. The molecule has 0 aromatic rings. The smallest absolute Gasteiger partial charge is 0.00960 e. The third kappa shape index (κ3) is 4.14. The molecule has 0 spiro atoms. The van der Waals surface area contributed by atoms with Crippen molar-refractivity contribution in [3.05, 3.63) is 0 Å². The lowest BCUT2D eigenvalue weighted by Gasteiger charge is -2.49. The standard InChI is InChI=1S/C28H52N2/c1-16(2)27(20(6)26-9-8-12-30-26)18(4)19(5)28-17(3)13-24-23(15-25(24)28)21-10-11-22(14-21)29-7/h16-30H,8-15H2,1-7H3. The Morgan fingerprint density at radius 3 is 2.20 bits per heavy atom. The van der Waals surface area contributed by atoms with E-state index in [9.17, 15) is 0 Å². The van der Waals surface area contributed by atoms with Gasteiger partial charge in [-0.15, -0.1) is 0 Å². The topological polar surface area (TPSA) is 24.1 Å². The van der Waals surface area contributed by atoms with Gasteiger partial charge in [-0.25, -0.2) is 0 Å². The van der Waals surface area contributed by atoms with E-state index in [0.717, 1.165) is 77.2 Å². The van der Waals surface area contributed by atoms with E-state index in [1.807, 2.05) is 0 Å². The van der Waals surface area contributed by atoms with Crippen molar-refractivity contribution in [3.63, 3.8) is 0 Å². The van der Waals surface area contributed by atoms with Gasteiger partial charge < -0.3 is 10.6 Å². The first-order valence-electron chi connectivity index (χ1n) is 13.7. The number of fused-ring (bicyclic) bond motifs is 1. The van der Waals surface area contributed by atoms with Gasteiger partial charge in [0.15, 0.2) is 0 Å². The van der Waals surface area contributed by atoms with Gasteiger partial charge in [-0.05, 0) is 124 Å². The van der Waals surface area contributed by atoms with Gasteiger partial charge in [-0.3, -0.25) is 0 Å². The Morgan fingerprint density at radius 1 is 0.833 bits per heavy atom. The summed E-state index contributed by atoms with van der Waals surface area (Å²) in [6.07, 6.45) is 10.2. The Bertz CT molecular complexity index is 553. The van der Waals surface area contributed by atoms with E-state index in [4.69, 9.17) is 0 Å². The van der Waals surface area contributed by atoms with E-state index in [2.05, 4.69) is 59.2 Å². The van der Waals surface area contributed by atoms with Crippen LogP contribution in [0.4, 0.5) is 0 Å². The number of nitrogens with one attached hydrogen (secondary N) is 2. The van der Waals surface area contributed by atoms with Gasteiger partial charge in [0.25, 0.3) is 0 Å². The fraction of sp³-hybridized carbons (Fsp3) is 1.00. The van der Waals surface area contributed by atoms with Crippen LogP contribution in [-0.2, 0) is 0 Å². The average Bonchev–Trinajstić information content (AvgIpc) is 3.43. The summed E-state index contributed by atoms with van der Waals surface area (Å²) in [5.41, 5.74) is 0. The quantitative estimate of drug-likeness (QED) is 0.491. The molecular formula is C28H52N2. The minimum atomic E-state index is 0.761. The van der Waals surface area contributed by atoms with E-state index in [1.54, 1.807) is 6.42 Å². The van der Waals surface area contributed by atoms with Crippen molar-refractivity contribution in [2.45, 2.75) is 98.6 Å².